The maximum atomic E-state index is 11.7. The number of esters is 1. The minimum absolute atomic E-state index is 0.0112. The summed E-state index contributed by atoms with van der Waals surface area (Å²) in [4.78, 5) is 14.2. The highest BCUT2D eigenvalue weighted by atomic mass is 16.5. The second kappa shape index (κ2) is 7.44. The average molecular weight is 275 g/mol. The number of hydrogen-bond acceptors (Lipinski definition) is 3. The quantitative estimate of drug-likeness (QED) is 0.774. The molecule has 1 saturated heterocycles. The number of nitrogens with zero attached hydrogens (tertiary/aromatic N) is 1. The summed E-state index contributed by atoms with van der Waals surface area (Å²) < 4.78 is 5.12. The van der Waals surface area contributed by atoms with Crippen LogP contribution in [-0.2, 0) is 16.0 Å². The number of hydrogen-bond donors (Lipinski definition) is 0. The molecule has 0 saturated carbocycles. The Kier molecular flexibility index (Phi) is 5.60. The Morgan fingerprint density at radius 1 is 1.30 bits per heavy atom. The lowest BCUT2D eigenvalue weighted by Gasteiger charge is -2.35. The molecular formula is C17H25NO2. The van der Waals surface area contributed by atoms with Gasteiger partial charge < -0.3 is 9.64 Å². The van der Waals surface area contributed by atoms with Crippen LogP contribution in [-0.4, -0.2) is 36.6 Å². The van der Waals surface area contributed by atoms with Crippen LogP contribution in [0.4, 0.5) is 0 Å². The Bertz CT molecular complexity index is 410. The molecule has 1 aliphatic heterocycles. The number of carbonyl (C=O) groups excluding carboxylic acids is 1. The zero-order valence-corrected chi connectivity index (χ0v) is 12.5. The molecule has 1 fully saturated rings. The molecule has 2 rings (SSSR count). The van der Waals surface area contributed by atoms with Crippen molar-refractivity contribution in [3.63, 3.8) is 0 Å². The molecule has 3 heteroatoms. The fourth-order valence-electron chi connectivity index (χ4n) is 2.92. The van der Waals surface area contributed by atoms with E-state index in [-0.39, 0.29) is 11.9 Å². The van der Waals surface area contributed by atoms with E-state index in [0.717, 1.165) is 32.4 Å². The number of ether oxygens (including phenoxy) is 1. The Morgan fingerprint density at radius 3 is 2.55 bits per heavy atom. The van der Waals surface area contributed by atoms with Crippen molar-refractivity contribution in [2.75, 3.05) is 19.7 Å². The van der Waals surface area contributed by atoms with Gasteiger partial charge in [0.25, 0.3) is 0 Å². The van der Waals surface area contributed by atoms with Crippen molar-refractivity contribution in [3.05, 3.63) is 35.9 Å². The van der Waals surface area contributed by atoms with Crippen molar-refractivity contribution in [3.8, 4) is 0 Å². The summed E-state index contributed by atoms with van der Waals surface area (Å²) in [6.07, 6.45) is 2.93. The van der Waals surface area contributed by atoms with Crippen LogP contribution in [0.5, 0.6) is 0 Å². The highest BCUT2D eigenvalue weighted by molar-refractivity contribution is 5.72. The SMILES string of the molecule is CCOC(=O)C1CCN(C(C)Cc2ccccc2)CC1. The van der Waals surface area contributed by atoms with E-state index < -0.39 is 0 Å². The number of carbonyl (C=O) groups is 1. The molecule has 0 bridgehead atoms. The minimum Gasteiger partial charge on any atom is -0.466 e. The minimum atomic E-state index is -0.0112. The molecule has 110 valence electrons. The summed E-state index contributed by atoms with van der Waals surface area (Å²) in [6.45, 7) is 6.63. The van der Waals surface area contributed by atoms with E-state index in [9.17, 15) is 4.79 Å². The van der Waals surface area contributed by atoms with Crippen LogP contribution in [0.3, 0.4) is 0 Å². The highest BCUT2D eigenvalue weighted by Gasteiger charge is 2.27. The summed E-state index contributed by atoms with van der Waals surface area (Å²) >= 11 is 0. The molecule has 0 aliphatic carbocycles. The Labute approximate surface area is 121 Å². The van der Waals surface area contributed by atoms with Gasteiger partial charge in [0.05, 0.1) is 12.5 Å². The lowest BCUT2D eigenvalue weighted by atomic mass is 9.95. The number of likely N-dealkylation sites (tertiary alicyclic amines) is 1. The monoisotopic (exact) mass is 275 g/mol. The Morgan fingerprint density at radius 2 is 1.95 bits per heavy atom. The van der Waals surface area contributed by atoms with Crippen molar-refractivity contribution in [2.45, 2.75) is 39.2 Å². The molecule has 20 heavy (non-hydrogen) atoms. The lowest BCUT2D eigenvalue weighted by molar-refractivity contribution is -0.149. The van der Waals surface area contributed by atoms with E-state index in [2.05, 4.69) is 42.2 Å². The summed E-state index contributed by atoms with van der Waals surface area (Å²) in [7, 11) is 0. The highest BCUT2D eigenvalue weighted by Crippen LogP contribution is 2.21. The van der Waals surface area contributed by atoms with E-state index in [1.807, 2.05) is 6.92 Å². The van der Waals surface area contributed by atoms with E-state index in [1.54, 1.807) is 0 Å². The summed E-state index contributed by atoms with van der Waals surface area (Å²) in [5, 5.41) is 0. The first kappa shape index (κ1) is 15.0. The van der Waals surface area contributed by atoms with Crippen molar-refractivity contribution < 1.29 is 9.53 Å². The molecule has 3 nitrogen and oxygen atoms in total. The third-order valence-corrected chi connectivity index (χ3v) is 4.15. The molecule has 0 amide bonds. The smallest absolute Gasteiger partial charge is 0.309 e. The van der Waals surface area contributed by atoms with Crippen LogP contribution in [0.15, 0.2) is 30.3 Å². The average Bonchev–Trinajstić information content (AvgIpc) is 2.48. The largest absolute Gasteiger partial charge is 0.466 e. The first-order chi connectivity index (χ1) is 9.70. The summed E-state index contributed by atoms with van der Waals surface area (Å²) in [6, 6.07) is 11.1. The topological polar surface area (TPSA) is 29.5 Å². The van der Waals surface area contributed by atoms with Gasteiger partial charge in [-0.15, -0.1) is 0 Å². The molecular weight excluding hydrogens is 250 g/mol. The van der Waals surface area contributed by atoms with Gasteiger partial charge in [-0.1, -0.05) is 30.3 Å². The van der Waals surface area contributed by atoms with Gasteiger partial charge in [-0.05, 0) is 51.8 Å². The summed E-state index contributed by atoms with van der Waals surface area (Å²) in [5.41, 5.74) is 1.38. The third kappa shape index (κ3) is 4.07. The Balaban J connectivity index is 1.80. The molecule has 1 heterocycles. The Hall–Kier alpha value is -1.35. The normalized spacial score (nSPS) is 18.7. The fourth-order valence-corrected chi connectivity index (χ4v) is 2.92. The van der Waals surface area contributed by atoms with Crippen LogP contribution < -0.4 is 0 Å². The number of rotatable bonds is 5. The first-order valence-corrected chi connectivity index (χ1v) is 7.65. The molecule has 0 N–H and O–H groups in total. The number of benzene rings is 1. The van der Waals surface area contributed by atoms with Crippen LogP contribution >= 0.6 is 0 Å². The molecule has 1 atom stereocenters. The zero-order chi connectivity index (χ0) is 14.4. The molecule has 0 radical (unpaired) electrons. The van der Waals surface area contributed by atoms with Gasteiger partial charge in [0.1, 0.15) is 0 Å². The van der Waals surface area contributed by atoms with Crippen LogP contribution in [0.1, 0.15) is 32.3 Å². The summed E-state index contributed by atoms with van der Waals surface area (Å²) in [5.74, 6) is 0.0954. The second-order valence-corrected chi connectivity index (χ2v) is 5.60. The maximum Gasteiger partial charge on any atom is 0.309 e. The predicted octanol–water partition coefficient (Wildman–Crippen LogP) is 2.89. The first-order valence-electron chi connectivity index (χ1n) is 7.65. The van der Waals surface area contributed by atoms with E-state index in [0.29, 0.717) is 12.6 Å². The zero-order valence-electron chi connectivity index (χ0n) is 12.5. The molecule has 0 aromatic heterocycles. The van der Waals surface area contributed by atoms with Gasteiger partial charge in [0.15, 0.2) is 0 Å². The molecule has 1 aliphatic rings. The predicted molar refractivity (Wildman–Crippen MR) is 80.5 cm³/mol. The molecule has 1 aromatic rings. The van der Waals surface area contributed by atoms with Gasteiger partial charge >= 0.3 is 5.97 Å². The van der Waals surface area contributed by atoms with Gasteiger partial charge in [0, 0.05) is 6.04 Å². The van der Waals surface area contributed by atoms with E-state index >= 15 is 0 Å². The van der Waals surface area contributed by atoms with Crippen LogP contribution in [0.25, 0.3) is 0 Å². The fraction of sp³-hybridized carbons (Fsp3) is 0.588. The standard InChI is InChI=1S/C17H25NO2/c1-3-20-17(19)16-9-11-18(12-10-16)14(2)13-15-7-5-4-6-8-15/h4-8,14,16H,3,9-13H2,1-2H3. The van der Waals surface area contributed by atoms with Crippen molar-refractivity contribution in [1.82, 2.24) is 4.90 Å². The van der Waals surface area contributed by atoms with Crippen LogP contribution in [0.2, 0.25) is 0 Å². The van der Waals surface area contributed by atoms with Crippen LogP contribution in [0, 0.1) is 5.92 Å². The van der Waals surface area contributed by atoms with Crippen molar-refractivity contribution in [1.29, 1.82) is 0 Å². The van der Waals surface area contributed by atoms with Gasteiger partial charge in [0.2, 0.25) is 0 Å². The second-order valence-electron chi connectivity index (χ2n) is 5.60. The third-order valence-electron chi connectivity index (χ3n) is 4.15. The maximum absolute atomic E-state index is 11.7. The number of piperidine rings is 1. The van der Waals surface area contributed by atoms with Gasteiger partial charge in [-0.25, -0.2) is 0 Å². The molecule has 0 spiro atoms. The van der Waals surface area contributed by atoms with E-state index in [1.165, 1.54) is 5.56 Å². The molecule has 1 aromatic carbocycles. The van der Waals surface area contributed by atoms with E-state index in [4.69, 9.17) is 4.74 Å². The van der Waals surface area contributed by atoms with Crippen molar-refractivity contribution in [2.24, 2.45) is 5.92 Å². The molecule has 1 unspecified atom stereocenters. The van der Waals surface area contributed by atoms with Gasteiger partial charge in [-0.2, -0.15) is 0 Å². The van der Waals surface area contributed by atoms with Crippen molar-refractivity contribution >= 4 is 5.97 Å². The van der Waals surface area contributed by atoms with Gasteiger partial charge in [-0.3, -0.25) is 4.79 Å². The lowest BCUT2D eigenvalue weighted by Crippen LogP contribution is -2.42.